The fraction of sp³-hybridized carbons (Fsp3) is 0.207. The van der Waals surface area contributed by atoms with E-state index in [2.05, 4.69) is 35.7 Å². The molecule has 3 aromatic carbocycles. The number of aromatic nitrogens is 1. The number of anilines is 1. The van der Waals surface area contributed by atoms with Gasteiger partial charge in [0.15, 0.2) is 6.54 Å². The number of fused-ring (bicyclic) bond motifs is 3. The lowest BCUT2D eigenvalue weighted by Gasteiger charge is -2.19. The van der Waals surface area contributed by atoms with Crippen LogP contribution in [0.2, 0.25) is 0 Å². The van der Waals surface area contributed by atoms with Crippen molar-refractivity contribution in [3.05, 3.63) is 81.9 Å². The lowest BCUT2D eigenvalue weighted by molar-refractivity contribution is -0.668. The molecule has 3 heterocycles. The van der Waals surface area contributed by atoms with E-state index < -0.39 is 31.8 Å². The lowest BCUT2D eigenvalue weighted by atomic mass is 10.0. The van der Waals surface area contributed by atoms with E-state index in [1.165, 1.54) is 39.9 Å². The summed E-state index contributed by atoms with van der Waals surface area (Å²) in [5.74, 6) is -1.23. The highest BCUT2D eigenvalue weighted by Crippen LogP contribution is 2.47. The third kappa shape index (κ3) is 6.80. The summed E-state index contributed by atoms with van der Waals surface area (Å²) in [7, 11) is -8.31. The van der Waals surface area contributed by atoms with Gasteiger partial charge in [0, 0.05) is 34.0 Å². The zero-order chi connectivity index (χ0) is 30.4. The minimum Gasteiger partial charge on any atom is -0.335 e. The molecule has 14 heteroatoms. The normalized spacial score (nSPS) is 14.8. The maximum absolute atomic E-state index is 14.2. The predicted molar refractivity (Wildman–Crippen MR) is 172 cm³/mol. The Morgan fingerprint density at radius 1 is 0.907 bits per heavy atom. The first-order chi connectivity index (χ1) is 20.4. The van der Waals surface area contributed by atoms with Crippen LogP contribution in [-0.2, 0) is 26.8 Å². The predicted octanol–water partition coefficient (Wildman–Crippen LogP) is 6.68. The molecule has 43 heavy (non-hydrogen) atoms. The first-order valence-electron chi connectivity index (χ1n) is 13.3. The molecule has 0 amide bonds. The summed E-state index contributed by atoms with van der Waals surface area (Å²) in [6.45, 7) is 0.553. The van der Waals surface area contributed by atoms with Crippen LogP contribution in [0.15, 0.2) is 76.0 Å². The van der Waals surface area contributed by atoms with Gasteiger partial charge in [0.2, 0.25) is 5.52 Å². The van der Waals surface area contributed by atoms with E-state index in [1.807, 2.05) is 27.7 Å². The van der Waals surface area contributed by atoms with Crippen LogP contribution in [-0.4, -0.2) is 44.0 Å². The van der Waals surface area contributed by atoms with Gasteiger partial charge >= 0.3 is 0 Å². The zero-order valence-electron chi connectivity index (χ0n) is 22.5. The average Bonchev–Trinajstić information content (AvgIpc) is 3.63. The van der Waals surface area contributed by atoms with Gasteiger partial charge in [-0.05, 0) is 59.3 Å². The van der Waals surface area contributed by atoms with Crippen molar-refractivity contribution in [2.24, 2.45) is 0 Å². The fourth-order valence-corrected chi connectivity index (χ4v) is 9.27. The molecule has 0 radical (unpaired) electrons. The van der Waals surface area contributed by atoms with Gasteiger partial charge in [0.1, 0.15) is 10.5 Å². The Kier molecular flexibility index (Phi) is 8.37. The molecule has 2 aromatic heterocycles. The Morgan fingerprint density at radius 3 is 2.49 bits per heavy atom. The number of benzene rings is 3. The molecule has 1 aliphatic rings. The molecule has 0 saturated heterocycles. The maximum Gasteiger partial charge on any atom is 0.265 e. The number of halogens is 1. The van der Waals surface area contributed by atoms with E-state index in [-0.39, 0.29) is 25.1 Å². The molecule has 0 saturated carbocycles. The summed E-state index contributed by atoms with van der Waals surface area (Å²) in [6.07, 6.45) is 2.25. The van der Waals surface area contributed by atoms with Gasteiger partial charge in [-0.25, -0.2) is 4.39 Å². The van der Waals surface area contributed by atoms with E-state index in [0.717, 1.165) is 41.7 Å². The molecule has 0 bridgehead atoms. The van der Waals surface area contributed by atoms with Crippen LogP contribution in [0.5, 0.6) is 0 Å². The summed E-state index contributed by atoms with van der Waals surface area (Å²) in [5, 5.41) is 4.76. The van der Waals surface area contributed by atoms with Crippen LogP contribution in [0.3, 0.4) is 0 Å². The molecule has 0 unspecified atom stereocenters. The Morgan fingerprint density at radius 2 is 1.70 bits per heavy atom. The van der Waals surface area contributed by atoms with Crippen molar-refractivity contribution in [2.45, 2.75) is 24.3 Å². The minimum atomic E-state index is -4.16. The Hall–Kier alpha value is -2.85. The monoisotopic (exact) mass is 677 g/mol. The smallest absolute Gasteiger partial charge is 0.265 e. The average molecular weight is 678 g/mol. The lowest BCUT2D eigenvalue weighted by Crippen LogP contribution is -2.36. The molecular weight excluding hydrogens is 652 g/mol. The molecule has 2 N–H and O–H groups in total. The molecular formula is C29H26FN2O6S5+. The number of rotatable bonds is 10. The van der Waals surface area contributed by atoms with Crippen molar-refractivity contribution in [1.82, 2.24) is 0 Å². The second-order valence-electron chi connectivity index (χ2n) is 10.0. The maximum atomic E-state index is 14.2. The molecule has 6 rings (SSSR count). The third-order valence-electron chi connectivity index (χ3n) is 7.04. The standard InChI is InChI=1S/C29H25FN2O6S5/c30-20-7-9-27-24(17-20)32(12-3-15-43(36,37)38)29(41-27)18-28-31(11-2-14-42(33,34)35)23-16-19(6-8-26(23)40-28)21-4-1-5-25-22(21)10-13-39-25/h1,4-10,13,16-18H,2-3,11-12,14-15H2,(H-,33,34,35,36,37,38)/p+1. The fourth-order valence-electron chi connectivity index (χ4n) is 5.18. The van der Waals surface area contributed by atoms with E-state index in [9.17, 15) is 30.3 Å². The van der Waals surface area contributed by atoms with Crippen LogP contribution in [0, 0.1) is 5.82 Å². The number of thioether (sulfide) groups is 1. The third-order valence-corrected chi connectivity index (χ3v) is 11.8. The minimum absolute atomic E-state index is 0.130. The van der Waals surface area contributed by atoms with Crippen molar-refractivity contribution in [3.8, 4) is 11.1 Å². The Balaban J connectivity index is 1.44. The summed E-state index contributed by atoms with van der Waals surface area (Å²) in [6, 6.07) is 18.9. The molecule has 1 aliphatic heterocycles. The van der Waals surface area contributed by atoms with E-state index in [0.29, 0.717) is 12.2 Å². The van der Waals surface area contributed by atoms with Gasteiger partial charge in [0.05, 0.1) is 28.3 Å². The van der Waals surface area contributed by atoms with Crippen molar-refractivity contribution < 1.29 is 34.9 Å². The number of nitrogens with zero attached hydrogens (tertiary/aromatic N) is 2. The first kappa shape index (κ1) is 30.2. The SMILES string of the molecule is O=S(=O)(O)CCCN1C(=Cc2sc3ccc(-c4cccc5sccc45)cc3[n+]2CCCS(=O)(=O)O)Sc2ccc(F)cc21. The number of hydrogen-bond donors (Lipinski definition) is 2. The molecule has 224 valence electrons. The van der Waals surface area contributed by atoms with Crippen LogP contribution in [0.25, 0.3) is 37.5 Å². The number of hydrogen-bond acceptors (Lipinski definition) is 8. The van der Waals surface area contributed by atoms with Gasteiger partial charge in [-0.15, -0.1) is 11.3 Å². The topological polar surface area (TPSA) is 116 Å². The number of thiophene rings is 1. The van der Waals surface area contributed by atoms with Crippen molar-refractivity contribution >= 4 is 86.7 Å². The van der Waals surface area contributed by atoms with E-state index in [4.69, 9.17) is 0 Å². The highest BCUT2D eigenvalue weighted by atomic mass is 32.2. The van der Waals surface area contributed by atoms with E-state index in [1.54, 1.807) is 17.4 Å². The van der Waals surface area contributed by atoms with Crippen molar-refractivity contribution in [1.29, 1.82) is 0 Å². The molecule has 5 aromatic rings. The number of thiazole rings is 1. The van der Waals surface area contributed by atoms with Gasteiger partial charge in [-0.3, -0.25) is 9.11 Å². The first-order valence-corrected chi connectivity index (χ1v) is 19.0. The molecule has 0 fully saturated rings. The second kappa shape index (κ2) is 11.9. The van der Waals surface area contributed by atoms with Crippen LogP contribution in [0.1, 0.15) is 17.8 Å². The van der Waals surface area contributed by atoms with Gasteiger partial charge in [0.25, 0.3) is 25.2 Å². The van der Waals surface area contributed by atoms with E-state index >= 15 is 0 Å². The van der Waals surface area contributed by atoms with Crippen LogP contribution < -0.4 is 9.47 Å². The Labute approximate surface area is 260 Å². The quantitative estimate of drug-likeness (QED) is 0.124. The Bertz CT molecular complexity index is 2100. The van der Waals surface area contributed by atoms with Crippen molar-refractivity contribution in [3.63, 3.8) is 0 Å². The largest absolute Gasteiger partial charge is 0.335 e. The van der Waals surface area contributed by atoms with Crippen LogP contribution in [0.4, 0.5) is 10.1 Å². The number of aryl methyl sites for hydroxylation is 1. The van der Waals surface area contributed by atoms with Crippen LogP contribution >= 0.6 is 34.4 Å². The summed E-state index contributed by atoms with van der Waals surface area (Å²) < 4.78 is 82.9. The summed E-state index contributed by atoms with van der Waals surface area (Å²) in [4.78, 5) is 2.65. The zero-order valence-corrected chi connectivity index (χ0v) is 26.6. The molecule has 0 spiro atoms. The summed E-state index contributed by atoms with van der Waals surface area (Å²) in [5.41, 5.74) is 3.62. The molecule has 8 nitrogen and oxygen atoms in total. The second-order valence-corrected chi connectivity index (χ2v) is 16.3. The highest BCUT2D eigenvalue weighted by molar-refractivity contribution is 8.04. The van der Waals surface area contributed by atoms with Crippen molar-refractivity contribution in [2.75, 3.05) is 23.0 Å². The molecule has 0 aliphatic carbocycles. The highest BCUT2D eigenvalue weighted by Gasteiger charge is 2.29. The van der Waals surface area contributed by atoms with Gasteiger partial charge < -0.3 is 4.90 Å². The van der Waals surface area contributed by atoms with Gasteiger partial charge in [-0.1, -0.05) is 41.3 Å². The molecule has 0 atom stereocenters. The summed E-state index contributed by atoms with van der Waals surface area (Å²) >= 11 is 4.61. The van der Waals surface area contributed by atoms with Gasteiger partial charge in [-0.2, -0.15) is 21.4 Å².